The summed E-state index contributed by atoms with van der Waals surface area (Å²) in [6.45, 7) is 3.31. The summed E-state index contributed by atoms with van der Waals surface area (Å²) < 4.78 is 5.60. The van der Waals surface area contributed by atoms with E-state index < -0.39 is 0 Å². The molecule has 0 radical (unpaired) electrons. The minimum absolute atomic E-state index is 0.0633. The van der Waals surface area contributed by atoms with Crippen LogP contribution in [0, 0.1) is 11.8 Å². The largest absolute Gasteiger partial charge is 0.495 e. The van der Waals surface area contributed by atoms with Crippen LogP contribution in [0.4, 0.5) is 11.4 Å². The van der Waals surface area contributed by atoms with E-state index in [0.717, 1.165) is 44.0 Å². The molecule has 2 aromatic carbocycles. The molecule has 2 aliphatic heterocycles. The number of nitrogens with one attached hydrogen (secondary N) is 1. The van der Waals surface area contributed by atoms with Gasteiger partial charge in [-0.15, -0.1) is 0 Å². The average molecular weight is 426 g/mol. The fourth-order valence-corrected chi connectivity index (χ4v) is 5.05. The van der Waals surface area contributed by atoms with E-state index in [1.54, 1.807) is 7.11 Å². The highest BCUT2D eigenvalue weighted by atomic mass is 35.5. The van der Waals surface area contributed by atoms with Crippen LogP contribution in [-0.4, -0.2) is 45.2 Å². The third-order valence-electron chi connectivity index (χ3n) is 6.70. The van der Waals surface area contributed by atoms with Gasteiger partial charge < -0.3 is 19.9 Å². The number of benzene rings is 2. The van der Waals surface area contributed by atoms with Gasteiger partial charge in [-0.05, 0) is 55.0 Å². The van der Waals surface area contributed by atoms with Gasteiger partial charge in [-0.1, -0.05) is 29.8 Å². The molecule has 2 heterocycles. The lowest BCUT2D eigenvalue weighted by molar-refractivity contribution is -0.125. The Morgan fingerprint density at radius 1 is 1.17 bits per heavy atom. The Bertz CT molecular complexity index is 946. The molecule has 0 bridgehead atoms. The van der Waals surface area contributed by atoms with E-state index in [1.165, 1.54) is 24.1 Å². The Balaban J connectivity index is 1.44. The average Bonchev–Trinajstić information content (AvgIpc) is 3.61. The van der Waals surface area contributed by atoms with E-state index in [2.05, 4.69) is 39.4 Å². The minimum Gasteiger partial charge on any atom is -0.495 e. The molecule has 1 amide bonds. The summed E-state index contributed by atoms with van der Waals surface area (Å²) in [6.07, 6.45) is 3.27. The third kappa shape index (κ3) is 3.71. The minimum atomic E-state index is -0.0633. The smallest absolute Gasteiger partial charge is 0.225 e. The summed E-state index contributed by atoms with van der Waals surface area (Å²) >= 11 is 6.30. The number of para-hydroxylation sites is 1. The number of hydrogen-bond donors (Lipinski definition) is 1. The lowest BCUT2D eigenvalue weighted by Crippen LogP contribution is -2.61. The Morgan fingerprint density at radius 3 is 2.80 bits per heavy atom. The van der Waals surface area contributed by atoms with Gasteiger partial charge in [0.25, 0.3) is 0 Å². The first kappa shape index (κ1) is 19.6. The molecule has 5 nitrogen and oxygen atoms in total. The zero-order valence-corrected chi connectivity index (χ0v) is 18.1. The second-order valence-electron chi connectivity index (χ2n) is 8.65. The van der Waals surface area contributed by atoms with Crippen molar-refractivity contribution in [3.63, 3.8) is 0 Å². The number of carbonyl (C=O) groups excluding carboxylic acids is 1. The van der Waals surface area contributed by atoms with Crippen molar-refractivity contribution in [2.75, 3.05) is 43.1 Å². The molecule has 1 N–H and O–H groups in total. The maximum Gasteiger partial charge on any atom is 0.225 e. The molecule has 2 fully saturated rings. The van der Waals surface area contributed by atoms with E-state index >= 15 is 0 Å². The molecule has 1 saturated carbocycles. The molecule has 5 rings (SSSR count). The van der Waals surface area contributed by atoms with Gasteiger partial charge in [0.1, 0.15) is 5.75 Å². The van der Waals surface area contributed by atoms with Crippen molar-refractivity contribution in [2.24, 2.45) is 11.8 Å². The van der Waals surface area contributed by atoms with Crippen LogP contribution in [0.15, 0.2) is 42.5 Å². The highest BCUT2D eigenvalue weighted by Gasteiger charge is 2.42. The van der Waals surface area contributed by atoms with Crippen molar-refractivity contribution in [3.8, 4) is 5.75 Å². The quantitative estimate of drug-likeness (QED) is 0.792. The number of rotatable bonds is 5. The maximum absolute atomic E-state index is 13.2. The van der Waals surface area contributed by atoms with Gasteiger partial charge in [-0.25, -0.2) is 0 Å². The topological polar surface area (TPSA) is 44.8 Å². The van der Waals surface area contributed by atoms with Gasteiger partial charge in [-0.2, -0.15) is 0 Å². The van der Waals surface area contributed by atoms with Gasteiger partial charge in [-0.3, -0.25) is 4.79 Å². The molecule has 3 aliphatic rings. The van der Waals surface area contributed by atoms with Crippen molar-refractivity contribution in [3.05, 3.63) is 53.1 Å². The second-order valence-corrected chi connectivity index (χ2v) is 9.09. The van der Waals surface area contributed by atoms with Crippen molar-refractivity contribution in [1.29, 1.82) is 0 Å². The first-order valence-corrected chi connectivity index (χ1v) is 11.2. The first-order chi connectivity index (χ1) is 14.6. The first-order valence-electron chi connectivity index (χ1n) is 10.8. The maximum atomic E-state index is 13.2. The SMILES string of the molecule is COc1ccc(Cl)cc1N1CCN2c3ccccc3C[C@@H](C(=O)NCC3CC3)[C@@H]2C1. The fraction of sp³-hybridized carbons (Fsp3) is 0.458. The van der Waals surface area contributed by atoms with E-state index in [4.69, 9.17) is 16.3 Å². The van der Waals surface area contributed by atoms with E-state index in [-0.39, 0.29) is 17.9 Å². The highest BCUT2D eigenvalue weighted by molar-refractivity contribution is 6.30. The fourth-order valence-electron chi connectivity index (χ4n) is 4.88. The Labute approximate surface area is 182 Å². The van der Waals surface area contributed by atoms with Crippen molar-refractivity contribution in [2.45, 2.75) is 25.3 Å². The van der Waals surface area contributed by atoms with Crippen LogP contribution >= 0.6 is 11.6 Å². The van der Waals surface area contributed by atoms with Crippen LogP contribution in [0.1, 0.15) is 18.4 Å². The molecule has 0 aromatic heterocycles. The highest BCUT2D eigenvalue weighted by Crippen LogP contribution is 2.39. The van der Waals surface area contributed by atoms with Crippen molar-refractivity contribution < 1.29 is 9.53 Å². The zero-order chi connectivity index (χ0) is 20.7. The van der Waals surface area contributed by atoms with Gasteiger partial charge in [0.15, 0.2) is 0 Å². The van der Waals surface area contributed by atoms with E-state index in [1.807, 2.05) is 18.2 Å². The van der Waals surface area contributed by atoms with Gasteiger partial charge >= 0.3 is 0 Å². The summed E-state index contributed by atoms with van der Waals surface area (Å²) in [7, 11) is 1.69. The zero-order valence-electron chi connectivity index (χ0n) is 17.3. The number of methoxy groups -OCH3 is 1. The van der Waals surface area contributed by atoms with Crippen LogP contribution in [-0.2, 0) is 11.2 Å². The lowest BCUT2D eigenvalue weighted by atomic mass is 9.83. The number of fused-ring (bicyclic) bond motifs is 3. The molecule has 1 saturated heterocycles. The molecule has 1 aliphatic carbocycles. The van der Waals surface area contributed by atoms with Crippen molar-refractivity contribution in [1.82, 2.24) is 5.32 Å². The predicted octanol–water partition coefficient (Wildman–Crippen LogP) is 3.74. The lowest BCUT2D eigenvalue weighted by Gasteiger charge is -2.49. The predicted molar refractivity (Wildman–Crippen MR) is 121 cm³/mol. The number of anilines is 2. The monoisotopic (exact) mass is 425 g/mol. The second kappa shape index (κ2) is 8.03. The number of piperazine rings is 1. The summed E-state index contributed by atoms with van der Waals surface area (Å²) in [5, 5.41) is 3.93. The summed E-state index contributed by atoms with van der Waals surface area (Å²) in [5.41, 5.74) is 3.54. The molecule has 2 aromatic rings. The summed E-state index contributed by atoms with van der Waals surface area (Å²) in [5.74, 6) is 1.62. The number of carbonyl (C=O) groups is 1. The van der Waals surface area contributed by atoms with Crippen LogP contribution in [0.5, 0.6) is 5.75 Å². The molecule has 0 unspecified atom stereocenters. The Kier molecular flexibility index (Phi) is 5.23. The third-order valence-corrected chi connectivity index (χ3v) is 6.94. The molecule has 0 spiro atoms. The molecule has 2 atom stereocenters. The van der Waals surface area contributed by atoms with E-state index in [9.17, 15) is 4.79 Å². The normalized spacial score (nSPS) is 22.9. The Hall–Kier alpha value is -2.40. The Morgan fingerprint density at radius 2 is 2.00 bits per heavy atom. The summed E-state index contributed by atoms with van der Waals surface area (Å²) in [4.78, 5) is 18.0. The van der Waals surface area contributed by atoms with Gasteiger partial charge in [0.05, 0.1) is 24.8 Å². The molecule has 30 heavy (non-hydrogen) atoms. The number of amides is 1. The number of ether oxygens (including phenoxy) is 1. The van der Waals surface area contributed by atoms with E-state index in [0.29, 0.717) is 10.9 Å². The number of nitrogens with zero attached hydrogens (tertiary/aromatic N) is 2. The summed E-state index contributed by atoms with van der Waals surface area (Å²) in [6, 6.07) is 14.4. The van der Waals surface area contributed by atoms with Crippen LogP contribution < -0.4 is 19.9 Å². The van der Waals surface area contributed by atoms with Gasteiger partial charge in [0, 0.05) is 36.9 Å². The number of hydrogen-bond acceptors (Lipinski definition) is 4. The van der Waals surface area contributed by atoms with Crippen LogP contribution in [0.2, 0.25) is 5.02 Å². The van der Waals surface area contributed by atoms with Crippen LogP contribution in [0.25, 0.3) is 0 Å². The molecule has 158 valence electrons. The van der Waals surface area contributed by atoms with Crippen LogP contribution in [0.3, 0.4) is 0 Å². The number of halogens is 1. The molecule has 6 heteroatoms. The molecular weight excluding hydrogens is 398 g/mol. The standard InChI is InChI=1S/C24H28ClN3O2/c1-30-23-9-8-18(25)13-21(23)27-10-11-28-20-5-3-2-4-17(20)12-19(22(28)15-27)24(29)26-14-16-6-7-16/h2-5,8-9,13,16,19,22H,6-7,10-12,14-15H2,1H3,(H,26,29)/t19-,22+/m1/s1. The van der Waals surface area contributed by atoms with Gasteiger partial charge in [0.2, 0.25) is 5.91 Å². The molecular formula is C24H28ClN3O2. The van der Waals surface area contributed by atoms with Crippen molar-refractivity contribution >= 4 is 28.9 Å².